The maximum atomic E-state index is 4.95. The van der Waals surface area contributed by atoms with Crippen molar-refractivity contribution < 1.29 is 0 Å². The van der Waals surface area contributed by atoms with E-state index in [9.17, 15) is 0 Å². The highest BCUT2D eigenvalue weighted by atomic mass is 14.7. The molecule has 0 amide bonds. The van der Waals surface area contributed by atoms with E-state index in [-0.39, 0.29) is 0 Å². The van der Waals surface area contributed by atoms with Crippen LogP contribution in [0, 0.1) is 0 Å². The molecule has 1 nitrogen and oxygen atoms in total. The largest absolute Gasteiger partial charge is 0.256 e. The van der Waals surface area contributed by atoms with Gasteiger partial charge in [0.1, 0.15) is 0 Å². The van der Waals surface area contributed by atoms with E-state index in [1.165, 1.54) is 66.1 Å². The maximum absolute atomic E-state index is 4.95. The van der Waals surface area contributed by atoms with E-state index in [1.807, 2.05) is 6.20 Å². The van der Waals surface area contributed by atoms with Crippen LogP contribution in [0.5, 0.6) is 0 Å². The van der Waals surface area contributed by atoms with E-state index < -0.39 is 0 Å². The second-order valence-corrected chi connectivity index (χ2v) is 12.9. The topological polar surface area (TPSA) is 12.9 Å². The average molecular weight is 636 g/mol. The number of nitrogens with zero attached hydrogens (tertiary/aromatic N) is 1. The molecule has 9 rings (SSSR count). The molecule has 50 heavy (non-hydrogen) atoms. The summed E-state index contributed by atoms with van der Waals surface area (Å²) in [6.07, 6.45) is 2.01. The van der Waals surface area contributed by atoms with Gasteiger partial charge in [0.2, 0.25) is 0 Å². The standard InChI is InChI=1S/C49H33N/c1-2-8-34(9-3-1)37-14-18-39(19-15-37)46-30-47(40-20-16-38(17-21-40)43-24-22-35-10-4-6-12-41(35)28-43)32-48(31-46)45-26-27-49(50-33-45)44-25-23-36-11-5-7-13-42(36)29-44/h1-33H. The predicted octanol–water partition coefficient (Wildman–Crippen LogP) is 13.4. The Morgan fingerprint density at radius 2 is 0.600 bits per heavy atom. The Bertz CT molecular complexity index is 2460. The van der Waals surface area contributed by atoms with Crippen molar-refractivity contribution in [3.63, 3.8) is 0 Å². The molecule has 0 aliphatic heterocycles. The van der Waals surface area contributed by atoms with Crippen molar-refractivity contribution in [2.24, 2.45) is 0 Å². The van der Waals surface area contributed by atoms with Crippen molar-refractivity contribution >= 4 is 21.5 Å². The van der Waals surface area contributed by atoms with Crippen molar-refractivity contribution in [3.05, 3.63) is 200 Å². The van der Waals surface area contributed by atoms with Gasteiger partial charge in [0.25, 0.3) is 0 Å². The molecule has 0 atom stereocenters. The summed E-state index contributed by atoms with van der Waals surface area (Å²) in [6.45, 7) is 0. The van der Waals surface area contributed by atoms with Gasteiger partial charge in [0, 0.05) is 17.3 Å². The first-order chi connectivity index (χ1) is 24.7. The zero-order valence-corrected chi connectivity index (χ0v) is 27.5. The van der Waals surface area contributed by atoms with E-state index in [1.54, 1.807) is 0 Å². The lowest BCUT2D eigenvalue weighted by Gasteiger charge is -2.13. The Hall–Kier alpha value is -6.57. The summed E-state index contributed by atoms with van der Waals surface area (Å²) in [7, 11) is 0. The second kappa shape index (κ2) is 12.8. The van der Waals surface area contributed by atoms with Crippen molar-refractivity contribution in [2.45, 2.75) is 0 Å². The molecule has 0 radical (unpaired) electrons. The van der Waals surface area contributed by atoms with Crippen molar-refractivity contribution in [1.29, 1.82) is 0 Å². The first-order valence-corrected chi connectivity index (χ1v) is 17.1. The summed E-state index contributed by atoms with van der Waals surface area (Å²) in [5.74, 6) is 0. The minimum absolute atomic E-state index is 0.969. The van der Waals surface area contributed by atoms with Gasteiger partial charge in [-0.05, 0) is 108 Å². The summed E-state index contributed by atoms with van der Waals surface area (Å²) in [6, 6.07) is 69.8. The molecule has 0 saturated carbocycles. The number of hydrogen-bond acceptors (Lipinski definition) is 1. The fraction of sp³-hybridized carbons (Fsp3) is 0. The highest BCUT2D eigenvalue weighted by Gasteiger charge is 2.11. The highest BCUT2D eigenvalue weighted by Crippen LogP contribution is 2.35. The highest BCUT2D eigenvalue weighted by molar-refractivity contribution is 5.89. The third-order valence-corrected chi connectivity index (χ3v) is 9.70. The van der Waals surface area contributed by atoms with Gasteiger partial charge in [-0.25, -0.2) is 0 Å². The maximum Gasteiger partial charge on any atom is 0.0702 e. The third kappa shape index (κ3) is 5.87. The molecule has 0 saturated heterocycles. The van der Waals surface area contributed by atoms with Gasteiger partial charge in [-0.15, -0.1) is 0 Å². The molecule has 0 unspecified atom stereocenters. The van der Waals surface area contributed by atoms with E-state index >= 15 is 0 Å². The predicted molar refractivity (Wildman–Crippen MR) is 212 cm³/mol. The lowest BCUT2D eigenvalue weighted by atomic mass is 9.92. The van der Waals surface area contributed by atoms with Crippen LogP contribution in [0.4, 0.5) is 0 Å². The first kappa shape index (κ1) is 29.6. The minimum Gasteiger partial charge on any atom is -0.256 e. The molecule has 1 aromatic heterocycles. The molecular weight excluding hydrogens is 603 g/mol. The number of pyridine rings is 1. The van der Waals surface area contributed by atoms with Gasteiger partial charge in [0.15, 0.2) is 0 Å². The number of rotatable bonds is 6. The summed E-state index contributed by atoms with van der Waals surface area (Å²) >= 11 is 0. The van der Waals surface area contributed by atoms with Gasteiger partial charge >= 0.3 is 0 Å². The molecule has 0 spiro atoms. The Morgan fingerprint density at radius 1 is 0.220 bits per heavy atom. The number of hydrogen-bond donors (Lipinski definition) is 0. The lowest BCUT2D eigenvalue weighted by molar-refractivity contribution is 1.33. The monoisotopic (exact) mass is 635 g/mol. The van der Waals surface area contributed by atoms with E-state index in [4.69, 9.17) is 4.98 Å². The summed E-state index contributed by atoms with van der Waals surface area (Å²) in [4.78, 5) is 4.95. The zero-order valence-electron chi connectivity index (χ0n) is 27.5. The van der Waals surface area contributed by atoms with Gasteiger partial charge in [-0.1, -0.05) is 158 Å². The van der Waals surface area contributed by atoms with Crippen LogP contribution in [0.3, 0.4) is 0 Å². The van der Waals surface area contributed by atoms with E-state index in [0.717, 1.165) is 22.4 Å². The number of fused-ring (bicyclic) bond motifs is 2. The van der Waals surface area contributed by atoms with Crippen LogP contribution >= 0.6 is 0 Å². The first-order valence-electron chi connectivity index (χ1n) is 17.1. The molecule has 1 heteroatoms. The van der Waals surface area contributed by atoms with Crippen LogP contribution in [0.2, 0.25) is 0 Å². The number of aromatic nitrogens is 1. The zero-order chi connectivity index (χ0) is 33.3. The van der Waals surface area contributed by atoms with E-state index in [0.29, 0.717) is 0 Å². The average Bonchev–Trinajstić information content (AvgIpc) is 3.21. The van der Waals surface area contributed by atoms with E-state index in [2.05, 4.69) is 194 Å². The Labute approximate surface area is 292 Å². The fourth-order valence-corrected chi connectivity index (χ4v) is 6.92. The Morgan fingerprint density at radius 3 is 1.14 bits per heavy atom. The van der Waals surface area contributed by atoms with Crippen LogP contribution in [0.15, 0.2) is 200 Å². The molecule has 1 heterocycles. The number of benzene rings is 8. The van der Waals surface area contributed by atoms with Gasteiger partial charge in [0.05, 0.1) is 5.69 Å². The summed E-state index contributed by atoms with van der Waals surface area (Å²) < 4.78 is 0. The molecule has 0 aliphatic carbocycles. The fourth-order valence-electron chi connectivity index (χ4n) is 6.92. The van der Waals surface area contributed by atoms with Crippen molar-refractivity contribution in [1.82, 2.24) is 4.98 Å². The van der Waals surface area contributed by atoms with Crippen molar-refractivity contribution in [2.75, 3.05) is 0 Å². The summed E-state index contributed by atoms with van der Waals surface area (Å²) in [5.41, 5.74) is 13.9. The Balaban J connectivity index is 1.09. The van der Waals surface area contributed by atoms with Crippen LogP contribution in [-0.4, -0.2) is 4.98 Å². The molecule has 9 aromatic rings. The quantitative estimate of drug-likeness (QED) is 0.177. The molecule has 8 aromatic carbocycles. The van der Waals surface area contributed by atoms with Gasteiger partial charge in [-0.3, -0.25) is 4.98 Å². The van der Waals surface area contributed by atoms with Crippen LogP contribution in [0.25, 0.3) is 88.4 Å². The molecule has 0 fully saturated rings. The van der Waals surface area contributed by atoms with Crippen LogP contribution < -0.4 is 0 Å². The van der Waals surface area contributed by atoms with Gasteiger partial charge < -0.3 is 0 Å². The molecule has 0 aliphatic rings. The van der Waals surface area contributed by atoms with Crippen molar-refractivity contribution in [3.8, 4) is 66.9 Å². The normalized spacial score (nSPS) is 11.2. The molecule has 234 valence electrons. The minimum atomic E-state index is 0.969. The van der Waals surface area contributed by atoms with Crippen LogP contribution in [0.1, 0.15) is 0 Å². The third-order valence-electron chi connectivity index (χ3n) is 9.70. The lowest BCUT2D eigenvalue weighted by Crippen LogP contribution is -1.89. The van der Waals surface area contributed by atoms with Crippen LogP contribution in [-0.2, 0) is 0 Å². The second-order valence-electron chi connectivity index (χ2n) is 12.9. The molecule has 0 bridgehead atoms. The molecular formula is C49H33N. The smallest absolute Gasteiger partial charge is 0.0702 e. The van der Waals surface area contributed by atoms with Gasteiger partial charge in [-0.2, -0.15) is 0 Å². The Kier molecular flexibility index (Phi) is 7.57. The molecule has 0 N–H and O–H groups in total. The SMILES string of the molecule is c1ccc(-c2ccc(-c3cc(-c4ccc(-c5ccc6ccccc6c5)cc4)cc(-c4ccc(-c5ccc6ccccc6c5)nc4)c3)cc2)cc1. The summed E-state index contributed by atoms with van der Waals surface area (Å²) in [5, 5.41) is 4.97.